The van der Waals surface area contributed by atoms with Crippen molar-refractivity contribution >= 4 is 5.78 Å². The summed E-state index contributed by atoms with van der Waals surface area (Å²) in [7, 11) is 0. The molecule has 0 aromatic heterocycles. The van der Waals surface area contributed by atoms with Gasteiger partial charge < -0.3 is 14.9 Å². The number of rotatable bonds is 0. The third-order valence-corrected chi connectivity index (χ3v) is 8.26. The van der Waals surface area contributed by atoms with Crippen LogP contribution in [-0.4, -0.2) is 40.4 Å². The summed E-state index contributed by atoms with van der Waals surface area (Å²) >= 11 is 0. The van der Waals surface area contributed by atoms with Crippen molar-refractivity contribution in [1.29, 1.82) is 0 Å². The topological polar surface area (TPSA) is 66.8 Å². The Kier molecular flexibility index (Phi) is 3.44. The molecule has 0 aromatic rings. The molecule has 4 rings (SSSR count). The highest BCUT2D eigenvalue weighted by molar-refractivity contribution is 5.88. The van der Waals surface area contributed by atoms with Crippen LogP contribution in [0.4, 0.5) is 0 Å². The first-order valence-electron chi connectivity index (χ1n) is 9.36. The van der Waals surface area contributed by atoms with Crippen molar-refractivity contribution in [3.8, 4) is 0 Å². The van der Waals surface area contributed by atoms with E-state index in [0.29, 0.717) is 25.9 Å². The maximum absolute atomic E-state index is 13.3. The van der Waals surface area contributed by atoms with Crippen LogP contribution in [0.1, 0.15) is 59.8 Å². The molecule has 134 valence electrons. The summed E-state index contributed by atoms with van der Waals surface area (Å²) in [5, 5.41) is 22.5. The van der Waals surface area contributed by atoms with Crippen LogP contribution in [0.3, 0.4) is 0 Å². The molecule has 3 fully saturated rings. The molecule has 2 saturated carbocycles. The molecule has 2 bridgehead atoms. The van der Waals surface area contributed by atoms with Crippen LogP contribution in [0, 0.1) is 22.7 Å². The molecular weight excluding hydrogens is 304 g/mol. The van der Waals surface area contributed by atoms with E-state index in [1.807, 2.05) is 6.92 Å². The third-order valence-electron chi connectivity index (χ3n) is 8.26. The lowest BCUT2D eigenvalue weighted by Crippen LogP contribution is -2.66. The zero-order valence-electron chi connectivity index (χ0n) is 15.3. The second kappa shape index (κ2) is 4.93. The Morgan fingerprint density at radius 1 is 1.25 bits per heavy atom. The van der Waals surface area contributed by atoms with E-state index in [0.717, 1.165) is 18.4 Å². The van der Waals surface area contributed by atoms with Gasteiger partial charge in [-0.25, -0.2) is 0 Å². The number of aliphatic hydroxyl groups is 2. The maximum atomic E-state index is 13.3. The van der Waals surface area contributed by atoms with Crippen molar-refractivity contribution in [3.63, 3.8) is 0 Å². The van der Waals surface area contributed by atoms with Gasteiger partial charge in [0.15, 0.2) is 0 Å². The molecule has 4 aliphatic rings. The molecule has 1 unspecified atom stereocenters. The average molecular weight is 334 g/mol. The first kappa shape index (κ1) is 16.7. The minimum Gasteiger partial charge on any atom is -0.392 e. The van der Waals surface area contributed by atoms with Gasteiger partial charge in [0, 0.05) is 24.2 Å². The number of Topliss-reactive ketones (excluding diaryl/α,β-unsaturated/α-hetero) is 1. The third kappa shape index (κ3) is 1.88. The summed E-state index contributed by atoms with van der Waals surface area (Å²) in [6.45, 7) is 8.87. The SMILES string of the molecule is CC1=C2CC(=O)[C@@]3(C)[C@H](C[C@](O)(CC1)C2(C)C)C1CO[C@@H]1C[C@@H]3O. The van der Waals surface area contributed by atoms with E-state index in [4.69, 9.17) is 4.74 Å². The molecule has 0 amide bonds. The predicted octanol–water partition coefficient (Wildman–Crippen LogP) is 2.62. The molecular formula is C20H30O4. The Morgan fingerprint density at radius 3 is 2.58 bits per heavy atom. The fourth-order valence-corrected chi connectivity index (χ4v) is 5.99. The van der Waals surface area contributed by atoms with E-state index in [2.05, 4.69) is 20.8 Å². The number of carbonyl (C=O) groups excluding carboxylic acids is 1. The van der Waals surface area contributed by atoms with Gasteiger partial charge in [0.25, 0.3) is 0 Å². The quantitative estimate of drug-likeness (QED) is 0.668. The summed E-state index contributed by atoms with van der Waals surface area (Å²) in [6.07, 6.45) is 2.47. The zero-order chi connectivity index (χ0) is 17.5. The molecule has 4 nitrogen and oxygen atoms in total. The number of carbonyl (C=O) groups is 1. The highest BCUT2D eigenvalue weighted by atomic mass is 16.5. The van der Waals surface area contributed by atoms with Crippen LogP contribution < -0.4 is 0 Å². The van der Waals surface area contributed by atoms with Crippen molar-refractivity contribution in [3.05, 3.63) is 11.1 Å². The summed E-state index contributed by atoms with van der Waals surface area (Å²) < 4.78 is 5.65. The van der Waals surface area contributed by atoms with Gasteiger partial charge in [-0.1, -0.05) is 25.0 Å². The van der Waals surface area contributed by atoms with Gasteiger partial charge in [-0.2, -0.15) is 0 Å². The smallest absolute Gasteiger partial charge is 0.145 e. The van der Waals surface area contributed by atoms with Gasteiger partial charge in [0.2, 0.25) is 0 Å². The van der Waals surface area contributed by atoms with Crippen LogP contribution >= 0.6 is 0 Å². The lowest BCUT2D eigenvalue weighted by atomic mass is 9.48. The largest absolute Gasteiger partial charge is 0.392 e. The molecule has 1 heterocycles. The molecule has 24 heavy (non-hydrogen) atoms. The number of ketones is 1. The Balaban J connectivity index is 1.85. The normalized spacial score (nSPS) is 50.3. The lowest BCUT2D eigenvalue weighted by molar-refractivity contribution is -0.238. The molecule has 1 saturated heterocycles. The minimum atomic E-state index is -0.814. The molecule has 0 radical (unpaired) electrons. The Hall–Kier alpha value is -0.710. The molecule has 2 N–H and O–H groups in total. The van der Waals surface area contributed by atoms with Gasteiger partial charge in [-0.3, -0.25) is 4.79 Å². The molecule has 6 atom stereocenters. The number of hydrogen-bond acceptors (Lipinski definition) is 4. The number of hydrogen-bond donors (Lipinski definition) is 2. The van der Waals surface area contributed by atoms with Gasteiger partial charge in [-0.15, -0.1) is 0 Å². The second-order valence-corrected chi connectivity index (χ2v) is 9.40. The monoisotopic (exact) mass is 334 g/mol. The summed E-state index contributed by atoms with van der Waals surface area (Å²) in [5.74, 6) is 0.434. The summed E-state index contributed by atoms with van der Waals surface area (Å²) in [6, 6.07) is 0. The second-order valence-electron chi connectivity index (χ2n) is 9.40. The minimum absolute atomic E-state index is 0.00303. The maximum Gasteiger partial charge on any atom is 0.145 e. The highest BCUT2D eigenvalue weighted by Gasteiger charge is 2.63. The summed E-state index contributed by atoms with van der Waals surface area (Å²) in [5.41, 5.74) is 0.369. The fourth-order valence-electron chi connectivity index (χ4n) is 5.99. The van der Waals surface area contributed by atoms with E-state index in [9.17, 15) is 15.0 Å². The van der Waals surface area contributed by atoms with Crippen LogP contribution in [0.25, 0.3) is 0 Å². The lowest BCUT2D eigenvalue weighted by Gasteiger charge is -2.61. The number of aliphatic hydroxyl groups excluding tert-OH is 1. The zero-order valence-corrected chi connectivity index (χ0v) is 15.3. The number of allylic oxidation sites excluding steroid dienone is 1. The van der Waals surface area contributed by atoms with E-state index < -0.39 is 22.5 Å². The summed E-state index contributed by atoms with van der Waals surface area (Å²) in [4.78, 5) is 13.3. The number of ether oxygens (including phenoxy) is 1. The van der Waals surface area contributed by atoms with E-state index in [1.165, 1.54) is 5.57 Å². The predicted molar refractivity (Wildman–Crippen MR) is 90.4 cm³/mol. The van der Waals surface area contributed by atoms with Crippen LogP contribution in [0.5, 0.6) is 0 Å². The Labute approximate surface area is 144 Å². The first-order valence-corrected chi connectivity index (χ1v) is 9.36. The molecule has 1 aliphatic heterocycles. The highest BCUT2D eigenvalue weighted by Crippen LogP contribution is 2.60. The standard InChI is InChI=1S/C20H30O4/c1-11-5-6-20(23)9-14-12-10-24-15(12)8-17(22)19(14,4)16(21)7-13(11)18(20,2)3/h12,14-15,17,22-23H,5-10H2,1-4H3/t12?,14-,15-,17+,19-,20-/m1/s1. The Morgan fingerprint density at radius 2 is 1.96 bits per heavy atom. The van der Waals surface area contributed by atoms with Crippen molar-refractivity contribution in [2.24, 2.45) is 22.7 Å². The number of fused-ring (bicyclic) bond motifs is 5. The Bertz CT molecular complexity index is 621. The van der Waals surface area contributed by atoms with Crippen molar-refractivity contribution in [1.82, 2.24) is 0 Å². The molecule has 3 aliphatic carbocycles. The van der Waals surface area contributed by atoms with Crippen molar-refractivity contribution < 1.29 is 19.7 Å². The van der Waals surface area contributed by atoms with Crippen LogP contribution in [0.2, 0.25) is 0 Å². The fraction of sp³-hybridized carbons (Fsp3) is 0.850. The van der Waals surface area contributed by atoms with E-state index in [1.54, 1.807) is 0 Å². The van der Waals surface area contributed by atoms with Crippen molar-refractivity contribution in [2.45, 2.75) is 77.6 Å². The van der Waals surface area contributed by atoms with Crippen molar-refractivity contribution in [2.75, 3.05) is 6.61 Å². The van der Waals surface area contributed by atoms with Crippen LogP contribution in [-0.2, 0) is 9.53 Å². The van der Waals surface area contributed by atoms with Crippen LogP contribution in [0.15, 0.2) is 11.1 Å². The van der Waals surface area contributed by atoms with Gasteiger partial charge in [-0.05, 0) is 39.0 Å². The van der Waals surface area contributed by atoms with Gasteiger partial charge in [0.1, 0.15) is 5.78 Å². The molecule has 0 spiro atoms. The van der Waals surface area contributed by atoms with Gasteiger partial charge >= 0.3 is 0 Å². The molecule has 4 heteroatoms. The molecule has 0 aromatic carbocycles. The van der Waals surface area contributed by atoms with E-state index in [-0.39, 0.29) is 23.7 Å². The van der Waals surface area contributed by atoms with Gasteiger partial charge in [0.05, 0.1) is 29.8 Å². The first-order chi connectivity index (χ1) is 11.1. The average Bonchev–Trinajstić information content (AvgIpc) is 2.48. The van der Waals surface area contributed by atoms with E-state index >= 15 is 0 Å².